The van der Waals surface area contributed by atoms with Crippen LogP contribution in [0.2, 0.25) is 0 Å². The second kappa shape index (κ2) is 7.98. The smallest absolute Gasteiger partial charge is 0.326 e. The number of carbonyl (C=O) groups is 3. The zero-order valence-electron chi connectivity index (χ0n) is 8.93. The first-order valence-electron chi connectivity index (χ1n) is 4.70. The first-order valence-corrected chi connectivity index (χ1v) is 6.09. The fourth-order valence-corrected chi connectivity index (χ4v) is 1.38. The van der Waals surface area contributed by atoms with Crippen LogP contribution >= 0.6 is 11.8 Å². The summed E-state index contributed by atoms with van der Waals surface area (Å²) >= 11 is 1.48. The predicted octanol–water partition coefficient (Wildman–Crippen LogP) is 0.174. The van der Waals surface area contributed by atoms with Gasteiger partial charge in [-0.05, 0) is 12.7 Å². The van der Waals surface area contributed by atoms with Gasteiger partial charge >= 0.3 is 11.9 Å². The molecule has 6 nitrogen and oxygen atoms in total. The first kappa shape index (κ1) is 14.8. The molecular formula is C9H15NO5S. The van der Waals surface area contributed by atoms with Crippen molar-refractivity contribution in [2.75, 3.05) is 12.0 Å². The second-order valence-electron chi connectivity index (χ2n) is 3.13. The molecule has 0 heterocycles. The Morgan fingerprint density at radius 2 is 1.88 bits per heavy atom. The number of thioether (sulfide) groups is 1. The summed E-state index contributed by atoms with van der Waals surface area (Å²) in [5.41, 5.74) is 0. The van der Waals surface area contributed by atoms with E-state index in [1.54, 1.807) is 0 Å². The predicted molar refractivity (Wildman–Crippen MR) is 59.4 cm³/mol. The standard InChI is InChI=1S/C9H15NO5S/c1-16-5-4-7(11)10-6(9(14)15)2-3-8(12)13/h6H,2-5H2,1H3,(H,10,11)(H,12,13)(H,14,15). The summed E-state index contributed by atoms with van der Waals surface area (Å²) in [6.07, 6.45) is 1.69. The molecule has 0 fully saturated rings. The zero-order chi connectivity index (χ0) is 12.6. The van der Waals surface area contributed by atoms with Crippen LogP contribution in [0.25, 0.3) is 0 Å². The van der Waals surface area contributed by atoms with Gasteiger partial charge < -0.3 is 15.5 Å². The molecule has 92 valence electrons. The van der Waals surface area contributed by atoms with Crippen LogP contribution in [0.5, 0.6) is 0 Å². The molecule has 0 bridgehead atoms. The maximum absolute atomic E-state index is 11.2. The van der Waals surface area contributed by atoms with Crippen molar-refractivity contribution in [2.45, 2.75) is 25.3 Å². The average Bonchev–Trinajstić information content (AvgIpc) is 2.20. The Hall–Kier alpha value is -1.24. The summed E-state index contributed by atoms with van der Waals surface area (Å²) in [6, 6.07) is -1.12. The van der Waals surface area contributed by atoms with E-state index in [0.29, 0.717) is 5.75 Å². The highest BCUT2D eigenvalue weighted by Crippen LogP contribution is 2.00. The third-order valence-corrected chi connectivity index (χ3v) is 2.43. The minimum atomic E-state index is -1.21. The van der Waals surface area contributed by atoms with Gasteiger partial charge in [-0.2, -0.15) is 11.8 Å². The Balaban J connectivity index is 4.07. The number of aliphatic carboxylic acids is 2. The van der Waals surface area contributed by atoms with Crippen LogP contribution in [0.3, 0.4) is 0 Å². The molecule has 0 aromatic carbocycles. The van der Waals surface area contributed by atoms with Crippen molar-refractivity contribution < 1.29 is 24.6 Å². The quantitative estimate of drug-likeness (QED) is 0.566. The van der Waals surface area contributed by atoms with Crippen LogP contribution in [-0.4, -0.2) is 46.1 Å². The summed E-state index contributed by atoms with van der Waals surface area (Å²) in [5.74, 6) is -2.05. The molecule has 0 saturated carbocycles. The van der Waals surface area contributed by atoms with E-state index in [9.17, 15) is 14.4 Å². The van der Waals surface area contributed by atoms with Crippen LogP contribution < -0.4 is 5.32 Å². The summed E-state index contributed by atoms with van der Waals surface area (Å²) in [4.78, 5) is 32.2. The van der Waals surface area contributed by atoms with Crippen molar-refractivity contribution in [1.29, 1.82) is 0 Å². The van der Waals surface area contributed by atoms with E-state index in [4.69, 9.17) is 10.2 Å². The molecule has 0 saturated heterocycles. The number of carboxylic acid groups (broad SMARTS) is 2. The minimum Gasteiger partial charge on any atom is -0.481 e. The van der Waals surface area contributed by atoms with Gasteiger partial charge in [-0.15, -0.1) is 0 Å². The van der Waals surface area contributed by atoms with Gasteiger partial charge in [0.05, 0.1) is 0 Å². The van der Waals surface area contributed by atoms with E-state index < -0.39 is 18.0 Å². The monoisotopic (exact) mass is 249 g/mol. The van der Waals surface area contributed by atoms with Crippen molar-refractivity contribution in [3.63, 3.8) is 0 Å². The molecule has 0 aliphatic rings. The van der Waals surface area contributed by atoms with Gasteiger partial charge in [0.2, 0.25) is 5.91 Å². The highest BCUT2D eigenvalue weighted by Gasteiger charge is 2.20. The number of rotatable bonds is 8. The van der Waals surface area contributed by atoms with Crippen molar-refractivity contribution >= 4 is 29.6 Å². The SMILES string of the molecule is CSCCC(=O)NC(CCC(=O)O)C(=O)O. The molecule has 16 heavy (non-hydrogen) atoms. The van der Waals surface area contributed by atoms with Gasteiger partial charge in [0.15, 0.2) is 0 Å². The molecule has 0 rings (SSSR count). The van der Waals surface area contributed by atoms with E-state index in [1.807, 2.05) is 6.26 Å². The third kappa shape index (κ3) is 7.10. The molecule has 0 spiro atoms. The van der Waals surface area contributed by atoms with Gasteiger partial charge in [-0.3, -0.25) is 9.59 Å². The van der Waals surface area contributed by atoms with Crippen molar-refractivity contribution in [3.05, 3.63) is 0 Å². The maximum Gasteiger partial charge on any atom is 0.326 e. The molecule has 1 atom stereocenters. The van der Waals surface area contributed by atoms with Crippen molar-refractivity contribution in [1.82, 2.24) is 5.32 Å². The molecule has 0 aliphatic heterocycles. The second-order valence-corrected chi connectivity index (χ2v) is 4.12. The number of nitrogens with one attached hydrogen (secondary N) is 1. The molecule has 1 amide bonds. The Labute approximate surface area is 97.4 Å². The minimum absolute atomic E-state index is 0.102. The Morgan fingerprint density at radius 1 is 1.25 bits per heavy atom. The highest BCUT2D eigenvalue weighted by molar-refractivity contribution is 7.98. The van der Waals surface area contributed by atoms with Gasteiger partial charge in [-0.1, -0.05) is 0 Å². The van der Waals surface area contributed by atoms with E-state index in [2.05, 4.69) is 5.32 Å². The Bertz CT molecular complexity index is 269. The Morgan fingerprint density at radius 3 is 2.31 bits per heavy atom. The fraction of sp³-hybridized carbons (Fsp3) is 0.667. The molecule has 1 unspecified atom stereocenters. The number of hydrogen-bond acceptors (Lipinski definition) is 4. The average molecular weight is 249 g/mol. The Kier molecular flexibility index (Phi) is 7.36. The zero-order valence-corrected chi connectivity index (χ0v) is 9.75. The van der Waals surface area contributed by atoms with Crippen LogP contribution in [0, 0.1) is 0 Å². The summed E-state index contributed by atoms with van der Waals surface area (Å²) in [7, 11) is 0. The van der Waals surface area contributed by atoms with Crippen LogP contribution in [-0.2, 0) is 14.4 Å². The summed E-state index contributed by atoms with van der Waals surface area (Å²) in [6.45, 7) is 0. The van der Waals surface area contributed by atoms with Crippen LogP contribution in [0.1, 0.15) is 19.3 Å². The van der Waals surface area contributed by atoms with Crippen molar-refractivity contribution in [3.8, 4) is 0 Å². The molecule has 3 N–H and O–H groups in total. The number of hydrogen-bond donors (Lipinski definition) is 3. The molecule has 0 aliphatic carbocycles. The number of carboxylic acids is 2. The van der Waals surface area contributed by atoms with E-state index in [1.165, 1.54) is 11.8 Å². The van der Waals surface area contributed by atoms with Gasteiger partial charge in [0.1, 0.15) is 6.04 Å². The highest BCUT2D eigenvalue weighted by atomic mass is 32.2. The van der Waals surface area contributed by atoms with Gasteiger partial charge in [0, 0.05) is 18.6 Å². The van der Waals surface area contributed by atoms with E-state index >= 15 is 0 Å². The molecule has 0 aromatic rings. The van der Waals surface area contributed by atoms with Crippen molar-refractivity contribution in [2.24, 2.45) is 0 Å². The fourth-order valence-electron chi connectivity index (χ4n) is 0.986. The lowest BCUT2D eigenvalue weighted by molar-refractivity contribution is -0.143. The molecular weight excluding hydrogens is 234 g/mol. The van der Waals surface area contributed by atoms with Gasteiger partial charge in [0.25, 0.3) is 0 Å². The van der Waals surface area contributed by atoms with E-state index in [-0.39, 0.29) is 25.2 Å². The lowest BCUT2D eigenvalue weighted by Crippen LogP contribution is -2.41. The molecule has 7 heteroatoms. The summed E-state index contributed by atoms with van der Waals surface area (Å²) < 4.78 is 0. The normalized spacial score (nSPS) is 11.8. The lowest BCUT2D eigenvalue weighted by Gasteiger charge is -2.13. The number of carbonyl (C=O) groups excluding carboxylic acids is 1. The first-order chi connectivity index (χ1) is 7.47. The van der Waals surface area contributed by atoms with Gasteiger partial charge in [-0.25, -0.2) is 4.79 Å². The van der Waals surface area contributed by atoms with Crippen LogP contribution in [0.4, 0.5) is 0 Å². The summed E-state index contributed by atoms with van der Waals surface area (Å²) in [5, 5.41) is 19.4. The lowest BCUT2D eigenvalue weighted by atomic mass is 10.1. The van der Waals surface area contributed by atoms with E-state index in [0.717, 1.165) is 0 Å². The third-order valence-electron chi connectivity index (χ3n) is 1.81. The molecule has 0 radical (unpaired) electrons. The van der Waals surface area contributed by atoms with Crippen LogP contribution in [0.15, 0.2) is 0 Å². The topological polar surface area (TPSA) is 104 Å². The molecule has 0 aromatic heterocycles. The number of amides is 1. The maximum atomic E-state index is 11.2. The largest absolute Gasteiger partial charge is 0.481 e.